The number of carbonyl (C=O) groups is 1. The zero-order valence-corrected chi connectivity index (χ0v) is 23.4. The smallest absolute Gasteiger partial charge is 0.231 e. The highest BCUT2D eigenvalue weighted by atomic mass is 35.5. The maximum Gasteiger partial charge on any atom is 0.231 e. The molecule has 1 N–H and O–H groups in total. The van der Waals surface area contributed by atoms with E-state index in [0.717, 1.165) is 42.8 Å². The highest BCUT2D eigenvalue weighted by molar-refractivity contribution is 7.83. The van der Waals surface area contributed by atoms with Gasteiger partial charge in [-0.15, -0.1) is 0 Å². The molecule has 2 aliphatic carbocycles. The second-order valence-corrected chi connectivity index (χ2v) is 12.1. The molecule has 0 radical (unpaired) electrons. The first-order valence-electron chi connectivity index (χ1n) is 13.4. The topological polar surface area (TPSA) is 67.2 Å². The van der Waals surface area contributed by atoms with Crippen LogP contribution in [0.25, 0.3) is 0 Å². The Morgan fingerprint density at radius 3 is 2.67 bits per heavy atom. The first kappa shape index (κ1) is 26.0. The van der Waals surface area contributed by atoms with E-state index in [0.29, 0.717) is 16.5 Å². The van der Waals surface area contributed by atoms with E-state index < -0.39 is 11.0 Å². The van der Waals surface area contributed by atoms with Gasteiger partial charge in [-0.2, -0.15) is 0 Å². The zero-order valence-electron chi connectivity index (χ0n) is 21.8. The molecular formula is C31H31ClN4O2S. The minimum Gasteiger partial charge on any atom is -0.337 e. The van der Waals surface area contributed by atoms with Gasteiger partial charge in [-0.1, -0.05) is 48.0 Å². The molecule has 0 spiro atoms. The lowest BCUT2D eigenvalue weighted by molar-refractivity contribution is -0.120. The summed E-state index contributed by atoms with van der Waals surface area (Å²) >= 11 is 6.02. The summed E-state index contributed by atoms with van der Waals surface area (Å²) < 4.78 is 18.5. The molecule has 3 aromatic carbocycles. The predicted molar refractivity (Wildman–Crippen MR) is 155 cm³/mol. The Labute approximate surface area is 236 Å². The number of nitrogens with one attached hydrogen (secondary N) is 1. The summed E-state index contributed by atoms with van der Waals surface area (Å²) in [4.78, 5) is 21.1. The van der Waals surface area contributed by atoms with Crippen LogP contribution in [0.1, 0.15) is 53.7 Å². The first-order chi connectivity index (χ1) is 19.0. The number of aryl methyl sites for hydroxylation is 2. The fourth-order valence-corrected chi connectivity index (χ4v) is 6.70. The number of rotatable bonds is 8. The molecule has 4 aromatic rings. The standard InChI is InChI=1S/C31H31ClN4O2S/c1-35-17-16-33-30(35)20-36(31(37)28-19-26(28)21-6-3-2-4-7-21)24-13-10-22-8-5-9-29(27(22)18-24)34-39(38)25-14-11-23(32)12-15-25/h2-4,6-7,10-18,26,28-29,34H,5,8-9,19-20H2,1H3/t26-,28+,29?,39?/m1/s1. The highest BCUT2D eigenvalue weighted by Crippen LogP contribution is 2.49. The third-order valence-electron chi connectivity index (χ3n) is 7.85. The van der Waals surface area contributed by atoms with Crippen LogP contribution in [0.15, 0.2) is 90.1 Å². The summed E-state index contributed by atoms with van der Waals surface area (Å²) in [6.45, 7) is 0.397. The summed E-state index contributed by atoms with van der Waals surface area (Å²) in [5, 5.41) is 0.617. The molecule has 2 aliphatic rings. The van der Waals surface area contributed by atoms with Crippen LogP contribution in [0.5, 0.6) is 0 Å². The number of halogens is 1. The molecule has 0 aliphatic heterocycles. The van der Waals surface area contributed by atoms with Gasteiger partial charge in [-0.25, -0.2) is 13.9 Å². The van der Waals surface area contributed by atoms with E-state index in [2.05, 4.69) is 40.0 Å². The molecule has 200 valence electrons. The molecule has 6 rings (SSSR count). The Hall–Kier alpha value is -3.26. The van der Waals surface area contributed by atoms with E-state index in [1.54, 1.807) is 30.5 Å². The molecule has 1 fully saturated rings. The van der Waals surface area contributed by atoms with Crippen molar-refractivity contribution in [3.63, 3.8) is 0 Å². The van der Waals surface area contributed by atoms with Gasteiger partial charge in [-0.3, -0.25) is 4.79 Å². The zero-order chi connectivity index (χ0) is 26.9. The summed E-state index contributed by atoms with van der Waals surface area (Å²) in [5.41, 5.74) is 4.40. The highest BCUT2D eigenvalue weighted by Gasteiger charge is 2.46. The van der Waals surface area contributed by atoms with Gasteiger partial charge in [-0.05, 0) is 84.7 Å². The van der Waals surface area contributed by atoms with Crippen molar-refractivity contribution in [1.82, 2.24) is 14.3 Å². The summed E-state index contributed by atoms with van der Waals surface area (Å²) in [6.07, 6.45) is 7.38. The summed E-state index contributed by atoms with van der Waals surface area (Å²) in [5.74, 6) is 1.15. The third kappa shape index (κ3) is 5.57. The van der Waals surface area contributed by atoms with Gasteiger partial charge in [0.05, 0.1) is 11.4 Å². The van der Waals surface area contributed by atoms with Gasteiger partial charge < -0.3 is 9.47 Å². The molecule has 0 bridgehead atoms. The molecule has 6 nitrogen and oxygen atoms in total. The van der Waals surface area contributed by atoms with Crippen molar-refractivity contribution in [3.8, 4) is 0 Å². The molecule has 1 aromatic heterocycles. The second-order valence-electron chi connectivity index (χ2n) is 10.4. The van der Waals surface area contributed by atoms with Crippen molar-refractivity contribution in [2.24, 2.45) is 13.0 Å². The van der Waals surface area contributed by atoms with Crippen LogP contribution in [-0.2, 0) is 35.8 Å². The molecule has 2 unspecified atom stereocenters. The Bertz CT molecular complexity index is 1500. The number of imidazole rings is 1. The van der Waals surface area contributed by atoms with Crippen LogP contribution in [0, 0.1) is 5.92 Å². The quantitative estimate of drug-likeness (QED) is 0.284. The van der Waals surface area contributed by atoms with Crippen molar-refractivity contribution >= 4 is 34.2 Å². The first-order valence-corrected chi connectivity index (χ1v) is 14.9. The molecule has 1 heterocycles. The van der Waals surface area contributed by atoms with Gasteiger partial charge in [0, 0.05) is 42.1 Å². The number of aromatic nitrogens is 2. The van der Waals surface area contributed by atoms with Crippen LogP contribution in [-0.4, -0.2) is 19.7 Å². The fraction of sp³-hybridized carbons (Fsp3) is 0.290. The van der Waals surface area contributed by atoms with Gasteiger partial charge in [0.2, 0.25) is 5.91 Å². The Kier molecular flexibility index (Phi) is 7.38. The van der Waals surface area contributed by atoms with Crippen LogP contribution in [0.2, 0.25) is 5.02 Å². The van der Waals surface area contributed by atoms with Crippen molar-refractivity contribution in [1.29, 1.82) is 0 Å². The van der Waals surface area contributed by atoms with Crippen LogP contribution >= 0.6 is 11.6 Å². The minimum atomic E-state index is -1.38. The van der Waals surface area contributed by atoms with Gasteiger partial charge in [0.15, 0.2) is 0 Å². The van der Waals surface area contributed by atoms with Crippen molar-refractivity contribution in [2.75, 3.05) is 4.90 Å². The van der Waals surface area contributed by atoms with Crippen LogP contribution in [0.3, 0.4) is 0 Å². The average Bonchev–Trinajstić information content (AvgIpc) is 3.67. The number of hydrogen-bond donors (Lipinski definition) is 1. The number of carbonyl (C=O) groups excluding carboxylic acids is 1. The van der Waals surface area contributed by atoms with Crippen LogP contribution in [0.4, 0.5) is 5.69 Å². The minimum absolute atomic E-state index is 0.0463. The van der Waals surface area contributed by atoms with E-state index in [9.17, 15) is 9.00 Å². The molecule has 1 amide bonds. The molecule has 0 saturated heterocycles. The van der Waals surface area contributed by atoms with E-state index in [1.807, 2.05) is 40.9 Å². The largest absolute Gasteiger partial charge is 0.337 e. The number of fused-ring (bicyclic) bond motifs is 1. The molecule has 8 heteroatoms. The SMILES string of the molecule is Cn1ccnc1CN(C(=O)[C@H]1C[C@@H]1c1ccccc1)c1ccc2c(c1)C(NS(=O)c1ccc(Cl)cc1)CCC2. The van der Waals surface area contributed by atoms with Gasteiger partial charge >= 0.3 is 0 Å². The van der Waals surface area contributed by atoms with E-state index in [-0.39, 0.29) is 23.8 Å². The average molecular weight is 559 g/mol. The van der Waals surface area contributed by atoms with Crippen molar-refractivity contribution in [2.45, 2.75) is 49.1 Å². The normalized spacial score (nSPS) is 20.7. The number of anilines is 1. The lowest BCUT2D eigenvalue weighted by Gasteiger charge is -2.29. The maximum absolute atomic E-state index is 14.0. The predicted octanol–water partition coefficient (Wildman–Crippen LogP) is 6.10. The molecule has 4 atom stereocenters. The molecule has 1 saturated carbocycles. The van der Waals surface area contributed by atoms with E-state index in [4.69, 9.17) is 11.6 Å². The Balaban J connectivity index is 1.29. The van der Waals surface area contributed by atoms with E-state index >= 15 is 0 Å². The maximum atomic E-state index is 14.0. The third-order valence-corrected chi connectivity index (χ3v) is 9.31. The van der Waals surface area contributed by atoms with Crippen molar-refractivity contribution < 1.29 is 9.00 Å². The Morgan fingerprint density at radius 1 is 1.13 bits per heavy atom. The fourth-order valence-electron chi connectivity index (χ4n) is 5.56. The number of nitrogens with zero attached hydrogens (tertiary/aromatic N) is 3. The van der Waals surface area contributed by atoms with Gasteiger partial charge in [0.1, 0.15) is 16.8 Å². The lowest BCUT2D eigenvalue weighted by atomic mass is 9.87. The number of benzene rings is 3. The van der Waals surface area contributed by atoms with Crippen LogP contribution < -0.4 is 9.62 Å². The molecule has 39 heavy (non-hydrogen) atoms. The van der Waals surface area contributed by atoms with E-state index in [1.165, 1.54) is 11.1 Å². The second kappa shape index (κ2) is 11.1. The number of amides is 1. The molecular weight excluding hydrogens is 528 g/mol. The number of hydrogen-bond acceptors (Lipinski definition) is 3. The lowest BCUT2D eigenvalue weighted by Crippen LogP contribution is -2.34. The van der Waals surface area contributed by atoms with Crippen molar-refractivity contribution in [3.05, 3.63) is 113 Å². The van der Waals surface area contributed by atoms with Gasteiger partial charge in [0.25, 0.3) is 0 Å². The summed E-state index contributed by atoms with van der Waals surface area (Å²) in [7, 11) is 0.575. The Morgan fingerprint density at radius 2 is 1.92 bits per heavy atom. The summed E-state index contributed by atoms with van der Waals surface area (Å²) in [6, 6.07) is 23.6. The monoisotopic (exact) mass is 558 g/mol.